The first kappa shape index (κ1) is 27.3. The summed E-state index contributed by atoms with van der Waals surface area (Å²) in [5.74, 6) is -4.04. The molecule has 3 N–H and O–H groups in total. The number of allylic oxidation sites excluding steroid dienone is 1. The lowest BCUT2D eigenvalue weighted by molar-refractivity contribution is -0.161. The predicted molar refractivity (Wildman–Crippen MR) is 115 cm³/mol. The summed E-state index contributed by atoms with van der Waals surface area (Å²) in [6, 6.07) is 0. The molecule has 0 radical (unpaired) electrons. The van der Waals surface area contributed by atoms with Crippen molar-refractivity contribution in [2.24, 2.45) is 17.3 Å². The van der Waals surface area contributed by atoms with E-state index in [4.69, 9.17) is 14.2 Å². The van der Waals surface area contributed by atoms with Crippen molar-refractivity contribution < 1.29 is 43.9 Å². The lowest BCUT2D eigenvalue weighted by Crippen LogP contribution is -2.54. The Morgan fingerprint density at radius 3 is 2.25 bits per heavy atom. The van der Waals surface area contributed by atoms with E-state index in [1.54, 1.807) is 13.0 Å². The topological polar surface area (TPSA) is 140 Å². The van der Waals surface area contributed by atoms with E-state index in [0.29, 0.717) is 5.57 Å². The average molecular weight is 453 g/mol. The monoisotopic (exact) mass is 452 g/mol. The van der Waals surface area contributed by atoms with Crippen molar-refractivity contribution in [3.05, 3.63) is 48.6 Å². The summed E-state index contributed by atoms with van der Waals surface area (Å²) in [6.45, 7) is 13.0. The summed E-state index contributed by atoms with van der Waals surface area (Å²) in [5.41, 5.74) is -0.804. The Bertz CT molecular complexity index is 797. The third-order valence-electron chi connectivity index (χ3n) is 5.73. The van der Waals surface area contributed by atoms with Crippen molar-refractivity contribution in [1.29, 1.82) is 0 Å². The number of carbonyl (C=O) groups excluding carboxylic acids is 3. The van der Waals surface area contributed by atoms with Crippen LogP contribution in [0.5, 0.6) is 0 Å². The molecule has 0 aliphatic heterocycles. The summed E-state index contributed by atoms with van der Waals surface area (Å²) < 4.78 is 15.1. The highest BCUT2D eigenvalue weighted by Crippen LogP contribution is 2.50. The fourth-order valence-electron chi connectivity index (χ4n) is 4.02. The Morgan fingerprint density at radius 1 is 1.16 bits per heavy atom. The van der Waals surface area contributed by atoms with E-state index in [9.17, 15) is 29.7 Å². The van der Waals surface area contributed by atoms with Gasteiger partial charge in [-0.05, 0) is 23.5 Å². The van der Waals surface area contributed by atoms with Crippen molar-refractivity contribution in [2.75, 3.05) is 26.9 Å². The molecule has 0 spiro atoms. The zero-order valence-electron chi connectivity index (χ0n) is 18.7. The van der Waals surface area contributed by atoms with Crippen LogP contribution in [0.4, 0.5) is 0 Å². The molecule has 0 aromatic heterocycles. The van der Waals surface area contributed by atoms with E-state index in [-0.39, 0.29) is 24.2 Å². The van der Waals surface area contributed by atoms with Crippen LogP contribution in [0.1, 0.15) is 20.3 Å². The lowest BCUT2D eigenvalue weighted by atomic mass is 9.58. The van der Waals surface area contributed by atoms with Gasteiger partial charge in [-0.2, -0.15) is 0 Å². The summed E-state index contributed by atoms with van der Waals surface area (Å²) in [7, 11) is 1.16. The first-order valence-electron chi connectivity index (χ1n) is 9.98. The molecule has 1 rings (SSSR count). The minimum absolute atomic E-state index is 0.117. The molecule has 1 saturated carbocycles. The third-order valence-corrected chi connectivity index (χ3v) is 5.73. The molecule has 9 nitrogen and oxygen atoms in total. The number of hydrogen-bond acceptors (Lipinski definition) is 9. The minimum atomic E-state index is -1.31. The molecule has 0 heterocycles. The third kappa shape index (κ3) is 6.15. The highest BCUT2D eigenvalue weighted by molar-refractivity contribution is 5.90. The second-order valence-electron chi connectivity index (χ2n) is 7.88. The molecule has 0 aromatic rings. The van der Waals surface area contributed by atoms with E-state index in [1.165, 1.54) is 13.0 Å². The fraction of sp³-hybridized carbons (Fsp3) is 0.522. The van der Waals surface area contributed by atoms with Gasteiger partial charge in [0.05, 0.1) is 37.9 Å². The van der Waals surface area contributed by atoms with Crippen molar-refractivity contribution in [3.63, 3.8) is 0 Å². The van der Waals surface area contributed by atoms with Crippen LogP contribution in [-0.2, 0) is 28.6 Å². The van der Waals surface area contributed by atoms with Crippen molar-refractivity contribution >= 4 is 17.9 Å². The maximum Gasteiger partial charge on any atom is 0.336 e. The Hall–Kier alpha value is -2.75. The van der Waals surface area contributed by atoms with Gasteiger partial charge in [-0.1, -0.05) is 26.2 Å². The number of ether oxygens (including phenoxy) is 3. The van der Waals surface area contributed by atoms with Gasteiger partial charge in [0.15, 0.2) is 0 Å². The Morgan fingerprint density at radius 2 is 1.78 bits per heavy atom. The molecule has 178 valence electrons. The van der Waals surface area contributed by atoms with E-state index in [1.807, 2.05) is 0 Å². The van der Waals surface area contributed by atoms with Gasteiger partial charge in [0.1, 0.15) is 12.7 Å². The number of esters is 3. The van der Waals surface area contributed by atoms with Gasteiger partial charge >= 0.3 is 17.9 Å². The van der Waals surface area contributed by atoms with Crippen molar-refractivity contribution in [1.82, 2.24) is 0 Å². The Balaban J connectivity index is 3.35. The van der Waals surface area contributed by atoms with Crippen LogP contribution in [0, 0.1) is 17.3 Å². The summed E-state index contributed by atoms with van der Waals surface area (Å²) >= 11 is 0. The molecule has 5 atom stereocenters. The highest BCUT2D eigenvalue weighted by Gasteiger charge is 2.53. The predicted octanol–water partition coefficient (Wildman–Crippen LogP) is 0.847. The fourth-order valence-corrected chi connectivity index (χ4v) is 4.02. The quantitative estimate of drug-likeness (QED) is 0.190. The average Bonchev–Trinajstić information content (AvgIpc) is 2.75. The van der Waals surface area contributed by atoms with Crippen molar-refractivity contribution in [3.8, 4) is 0 Å². The van der Waals surface area contributed by atoms with Gasteiger partial charge in [-0.15, -0.1) is 6.58 Å². The van der Waals surface area contributed by atoms with Gasteiger partial charge in [-0.3, -0.25) is 4.79 Å². The molecule has 1 aliphatic rings. The van der Waals surface area contributed by atoms with Crippen LogP contribution in [0.25, 0.3) is 0 Å². The zero-order valence-corrected chi connectivity index (χ0v) is 18.7. The minimum Gasteiger partial charge on any atom is -0.466 e. The van der Waals surface area contributed by atoms with E-state index < -0.39 is 60.6 Å². The van der Waals surface area contributed by atoms with E-state index in [2.05, 4.69) is 19.7 Å². The van der Waals surface area contributed by atoms with Gasteiger partial charge in [0.2, 0.25) is 0 Å². The maximum absolute atomic E-state index is 12.7. The second-order valence-corrected chi connectivity index (χ2v) is 7.88. The first-order valence-corrected chi connectivity index (χ1v) is 9.98. The van der Waals surface area contributed by atoms with Crippen LogP contribution < -0.4 is 0 Å². The molecule has 0 unspecified atom stereocenters. The zero-order chi connectivity index (χ0) is 24.6. The standard InChI is InChI=1S/C23H32O9/c1-7-23(5)10-17(32-22(29)16(12-25)8-9-31-15(4)26)18(14(3)21(28)30-6)20(27)19(23)13(2)11-24/h7-8,17-20,24-25,27H,1-3,9-12H2,4-6H3/b16-8-/t17-,18-,19+,20-,23+/m0/s1. The van der Waals surface area contributed by atoms with Crippen LogP contribution in [-0.4, -0.2) is 72.4 Å². The lowest BCUT2D eigenvalue weighted by Gasteiger charge is -2.50. The maximum atomic E-state index is 12.7. The SMILES string of the molecule is C=C[C@]1(C)C[C@H](OC(=O)/C(=C\COC(C)=O)CO)[C@H](C(=C)C(=O)OC)[C@H](O)[C@H]1C(=C)CO. The molecular weight excluding hydrogens is 420 g/mol. The summed E-state index contributed by atoms with van der Waals surface area (Å²) in [5, 5.41) is 30.4. The van der Waals surface area contributed by atoms with Crippen LogP contribution in [0.3, 0.4) is 0 Å². The van der Waals surface area contributed by atoms with Crippen LogP contribution in [0.15, 0.2) is 48.6 Å². The Labute approximate surface area is 187 Å². The largest absolute Gasteiger partial charge is 0.466 e. The van der Waals surface area contributed by atoms with Crippen LogP contribution >= 0.6 is 0 Å². The summed E-state index contributed by atoms with van der Waals surface area (Å²) in [4.78, 5) is 35.8. The van der Waals surface area contributed by atoms with Gasteiger partial charge in [-0.25, -0.2) is 9.59 Å². The van der Waals surface area contributed by atoms with Gasteiger partial charge < -0.3 is 29.5 Å². The Kier molecular flexibility index (Phi) is 10.0. The number of aliphatic hydroxyl groups is 3. The molecule has 0 bridgehead atoms. The van der Waals surface area contributed by atoms with E-state index in [0.717, 1.165) is 7.11 Å². The second kappa shape index (κ2) is 11.8. The molecular formula is C23H32O9. The van der Waals surface area contributed by atoms with Gasteiger partial charge in [0, 0.05) is 18.4 Å². The first-order chi connectivity index (χ1) is 15.0. The number of methoxy groups -OCH3 is 1. The molecule has 9 heteroatoms. The molecule has 0 aromatic carbocycles. The number of rotatable bonds is 10. The number of carbonyl (C=O) groups is 3. The normalized spacial score (nSPS) is 27.8. The molecule has 1 aliphatic carbocycles. The van der Waals surface area contributed by atoms with Crippen LogP contribution in [0.2, 0.25) is 0 Å². The summed E-state index contributed by atoms with van der Waals surface area (Å²) in [6.07, 6.45) is 0.545. The van der Waals surface area contributed by atoms with Gasteiger partial charge in [0.25, 0.3) is 0 Å². The highest BCUT2D eigenvalue weighted by atomic mass is 16.6. The molecule has 0 amide bonds. The number of hydrogen-bond donors (Lipinski definition) is 3. The smallest absolute Gasteiger partial charge is 0.336 e. The molecule has 0 saturated heterocycles. The van der Waals surface area contributed by atoms with E-state index >= 15 is 0 Å². The van der Waals surface area contributed by atoms with Crippen molar-refractivity contribution in [2.45, 2.75) is 32.5 Å². The molecule has 32 heavy (non-hydrogen) atoms. The number of aliphatic hydroxyl groups excluding tert-OH is 3. The molecule has 1 fully saturated rings.